The van der Waals surface area contributed by atoms with Gasteiger partial charge in [-0.3, -0.25) is 9.59 Å². The predicted octanol–water partition coefficient (Wildman–Crippen LogP) is 3.60. The minimum atomic E-state index is -0.266. The van der Waals surface area contributed by atoms with Crippen LogP contribution >= 0.6 is 0 Å². The quantitative estimate of drug-likeness (QED) is 0.739. The highest BCUT2D eigenvalue weighted by molar-refractivity contribution is 5.92. The number of hydrogen-bond donors (Lipinski definition) is 1. The number of carbonyl (C=O) groups is 1. The van der Waals surface area contributed by atoms with E-state index in [2.05, 4.69) is 12.2 Å². The van der Waals surface area contributed by atoms with Crippen molar-refractivity contribution in [3.05, 3.63) is 70.5 Å². The number of para-hydroxylation sites is 1. The van der Waals surface area contributed by atoms with Crippen LogP contribution in [0.2, 0.25) is 0 Å². The summed E-state index contributed by atoms with van der Waals surface area (Å²) in [6.45, 7) is 4.42. The van der Waals surface area contributed by atoms with Crippen LogP contribution in [-0.2, 0) is 17.8 Å². The Kier molecular flexibility index (Phi) is 5.37. The summed E-state index contributed by atoms with van der Waals surface area (Å²) in [7, 11) is 0. The van der Waals surface area contributed by atoms with Gasteiger partial charge in [-0.05, 0) is 43.2 Å². The van der Waals surface area contributed by atoms with E-state index in [-0.39, 0.29) is 18.1 Å². The number of ether oxygens (including phenoxy) is 1. The third-order valence-electron chi connectivity index (χ3n) is 4.30. The summed E-state index contributed by atoms with van der Waals surface area (Å²) < 4.78 is 7.33. The molecule has 3 rings (SSSR count). The van der Waals surface area contributed by atoms with Crippen LogP contribution in [0.1, 0.15) is 19.4 Å². The molecule has 0 bridgehead atoms. The van der Waals surface area contributed by atoms with Crippen molar-refractivity contribution in [1.82, 2.24) is 4.57 Å². The van der Waals surface area contributed by atoms with Gasteiger partial charge < -0.3 is 14.6 Å². The van der Waals surface area contributed by atoms with E-state index in [0.717, 1.165) is 23.0 Å². The number of pyridine rings is 1. The molecule has 5 nitrogen and oxygen atoms in total. The lowest BCUT2D eigenvalue weighted by Gasteiger charge is -2.13. The SMILES string of the molecule is CCc1ccc(NC(=O)COc2cc(=O)n(CC)c3ccccc23)cc1. The summed E-state index contributed by atoms with van der Waals surface area (Å²) >= 11 is 0. The summed E-state index contributed by atoms with van der Waals surface area (Å²) in [6, 6.07) is 16.7. The van der Waals surface area contributed by atoms with Crippen LogP contribution in [-0.4, -0.2) is 17.1 Å². The van der Waals surface area contributed by atoms with Gasteiger partial charge in [-0.15, -0.1) is 0 Å². The molecule has 0 spiro atoms. The largest absolute Gasteiger partial charge is 0.483 e. The van der Waals surface area contributed by atoms with Gasteiger partial charge in [0.05, 0.1) is 5.52 Å². The molecule has 0 saturated heterocycles. The minimum Gasteiger partial charge on any atom is -0.483 e. The molecular formula is C21H22N2O3. The molecule has 0 unspecified atom stereocenters. The molecule has 0 aliphatic rings. The monoisotopic (exact) mass is 350 g/mol. The second-order valence-corrected chi connectivity index (χ2v) is 6.00. The van der Waals surface area contributed by atoms with Crippen molar-refractivity contribution in [2.45, 2.75) is 26.8 Å². The number of benzene rings is 2. The maximum Gasteiger partial charge on any atom is 0.262 e. The summed E-state index contributed by atoms with van der Waals surface area (Å²) in [5.74, 6) is 0.157. The molecule has 26 heavy (non-hydrogen) atoms. The third-order valence-corrected chi connectivity index (χ3v) is 4.30. The fourth-order valence-electron chi connectivity index (χ4n) is 2.91. The van der Waals surface area contributed by atoms with Gasteiger partial charge in [0.2, 0.25) is 0 Å². The number of nitrogens with one attached hydrogen (secondary N) is 1. The van der Waals surface area contributed by atoms with Gasteiger partial charge in [-0.2, -0.15) is 0 Å². The molecule has 0 radical (unpaired) electrons. The molecular weight excluding hydrogens is 328 g/mol. The van der Waals surface area contributed by atoms with Gasteiger partial charge in [0.25, 0.3) is 11.5 Å². The number of amides is 1. The number of nitrogens with zero attached hydrogens (tertiary/aromatic N) is 1. The van der Waals surface area contributed by atoms with Crippen LogP contribution in [0.3, 0.4) is 0 Å². The Morgan fingerprint density at radius 1 is 1.08 bits per heavy atom. The van der Waals surface area contributed by atoms with Gasteiger partial charge >= 0.3 is 0 Å². The van der Waals surface area contributed by atoms with Gasteiger partial charge in [0, 0.05) is 23.7 Å². The zero-order valence-electron chi connectivity index (χ0n) is 15.0. The Balaban J connectivity index is 1.75. The van der Waals surface area contributed by atoms with Crippen molar-refractivity contribution in [2.24, 2.45) is 0 Å². The first kappa shape index (κ1) is 17.7. The first-order chi connectivity index (χ1) is 12.6. The number of anilines is 1. The number of fused-ring (bicyclic) bond motifs is 1. The lowest BCUT2D eigenvalue weighted by Crippen LogP contribution is -2.22. The van der Waals surface area contributed by atoms with Crippen LogP contribution in [0.4, 0.5) is 5.69 Å². The molecule has 2 aromatic carbocycles. The van der Waals surface area contributed by atoms with E-state index in [4.69, 9.17) is 4.74 Å². The van der Waals surface area contributed by atoms with E-state index in [9.17, 15) is 9.59 Å². The van der Waals surface area contributed by atoms with E-state index in [1.54, 1.807) is 4.57 Å². The Bertz CT molecular complexity index is 975. The summed E-state index contributed by atoms with van der Waals surface area (Å²) in [4.78, 5) is 24.4. The number of hydrogen-bond acceptors (Lipinski definition) is 3. The van der Waals surface area contributed by atoms with Gasteiger partial charge in [0.1, 0.15) is 5.75 Å². The molecule has 0 fully saturated rings. The zero-order valence-corrected chi connectivity index (χ0v) is 15.0. The second-order valence-electron chi connectivity index (χ2n) is 6.00. The molecule has 1 N–H and O–H groups in total. The van der Waals surface area contributed by atoms with E-state index in [1.807, 2.05) is 55.5 Å². The van der Waals surface area contributed by atoms with Gasteiger partial charge in [-0.25, -0.2) is 0 Å². The van der Waals surface area contributed by atoms with Crippen molar-refractivity contribution >= 4 is 22.5 Å². The van der Waals surface area contributed by atoms with E-state index >= 15 is 0 Å². The fourth-order valence-corrected chi connectivity index (χ4v) is 2.91. The number of aryl methyl sites for hydroxylation is 2. The second kappa shape index (κ2) is 7.87. The van der Waals surface area contributed by atoms with Crippen molar-refractivity contribution in [1.29, 1.82) is 0 Å². The Morgan fingerprint density at radius 2 is 1.81 bits per heavy atom. The van der Waals surface area contributed by atoms with Gasteiger partial charge in [-0.1, -0.05) is 31.2 Å². The van der Waals surface area contributed by atoms with Crippen LogP contribution in [0.5, 0.6) is 5.75 Å². The topological polar surface area (TPSA) is 60.3 Å². The van der Waals surface area contributed by atoms with E-state index < -0.39 is 0 Å². The molecule has 0 aliphatic heterocycles. The molecule has 134 valence electrons. The normalized spacial score (nSPS) is 10.7. The van der Waals surface area contributed by atoms with Crippen molar-refractivity contribution in [2.75, 3.05) is 11.9 Å². The Labute approximate surface area is 152 Å². The summed E-state index contributed by atoms with van der Waals surface area (Å²) in [5.41, 5.74) is 2.59. The predicted molar refractivity (Wildman–Crippen MR) is 104 cm³/mol. The van der Waals surface area contributed by atoms with Crippen LogP contribution in [0.25, 0.3) is 10.9 Å². The first-order valence-electron chi connectivity index (χ1n) is 8.76. The van der Waals surface area contributed by atoms with Gasteiger partial charge in [0.15, 0.2) is 6.61 Å². The smallest absolute Gasteiger partial charge is 0.262 e. The van der Waals surface area contributed by atoms with Crippen molar-refractivity contribution < 1.29 is 9.53 Å². The van der Waals surface area contributed by atoms with Crippen LogP contribution < -0.4 is 15.6 Å². The van der Waals surface area contributed by atoms with E-state index in [0.29, 0.717) is 12.3 Å². The summed E-state index contributed by atoms with van der Waals surface area (Å²) in [6.07, 6.45) is 0.952. The third kappa shape index (κ3) is 3.77. The molecule has 0 aliphatic carbocycles. The van der Waals surface area contributed by atoms with Crippen LogP contribution in [0.15, 0.2) is 59.4 Å². The molecule has 1 amide bonds. The molecule has 0 atom stereocenters. The highest BCUT2D eigenvalue weighted by Gasteiger charge is 2.10. The average Bonchev–Trinajstić information content (AvgIpc) is 2.67. The zero-order chi connectivity index (χ0) is 18.5. The number of carbonyl (C=O) groups excluding carboxylic acids is 1. The Morgan fingerprint density at radius 3 is 2.50 bits per heavy atom. The number of aromatic nitrogens is 1. The lowest BCUT2D eigenvalue weighted by atomic mass is 10.1. The standard InChI is InChI=1S/C21H22N2O3/c1-3-15-9-11-16(12-10-15)22-20(24)14-26-19-13-21(25)23(4-2)18-8-6-5-7-17(18)19/h5-13H,3-4,14H2,1-2H3,(H,22,24). The minimum absolute atomic E-state index is 0.142. The van der Waals surface area contributed by atoms with Crippen molar-refractivity contribution in [3.8, 4) is 5.75 Å². The van der Waals surface area contributed by atoms with Crippen LogP contribution in [0, 0.1) is 0 Å². The highest BCUT2D eigenvalue weighted by atomic mass is 16.5. The fraction of sp³-hybridized carbons (Fsp3) is 0.238. The maximum absolute atomic E-state index is 12.3. The lowest BCUT2D eigenvalue weighted by molar-refractivity contribution is -0.118. The maximum atomic E-state index is 12.3. The molecule has 1 aromatic heterocycles. The van der Waals surface area contributed by atoms with E-state index in [1.165, 1.54) is 11.6 Å². The molecule has 1 heterocycles. The first-order valence-corrected chi connectivity index (χ1v) is 8.76. The molecule has 5 heteroatoms. The number of rotatable bonds is 6. The highest BCUT2D eigenvalue weighted by Crippen LogP contribution is 2.23. The summed E-state index contributed by atoms with van der Waals surface area (Å²) in [5, 5.41) is 3.62. The van der Waals surface area contributed by atoms with Crippen molar-refractivity contribution in [3.63, 3.8) is 0 Å². The Hall–Kier alpha value is -3.08. The molecule has 0 saturated carbocycles. The average molecular weight is 350 g/mol. The molecule has 3 aromatic rings.